The first-order valence-electron chi connectivity index (χ1n) is 14.0. The Morgan fingerprint density at radius 3 is 2.07 bits per heavy atom. The van der Waals surface area contributed by atoms with Crippen molar-refractivity contribution in [2.45, 2.75) is 107 Å². The summed E-state index contributed by atoms with van der Waals surface area (Å²) >= 11 is 0. The van der Waals surface area contributed by atoms with Gasteiger partial charge >= 0.3 is 18.0 Å². The molecular weight excluding hydrogens is 580 g/mol. The molecule has 4 rings (SSSR count). The first kappa shape index (κ1) is 32.2. The molecule has 1 N–H and O–H groups in total. The molecule has 0 bridgehead atoms. The summed E-state index contributed by atoms with van der Waals surface area (Å²) in [6.45, 7) is 2.34. The molecule has 234 valence electrons. The van der Waals surface area contributed by atoms with Gasteiger partial charge in [-0.2, -0.15) is 0 Å². The Labute approximate surface area is 251 Å². The van der Waals surface area contributed by atoms with Gasteiger partial charge in [0.25, 0.3) is 0 Å². The number of nitrogens with zero attached hydrogens (tertiary/aromatic N) is 9. The van der Waals surface area contributed by atoms with Crippen molar-refractivity contribution in [3.05, 3.63) is 67.2 Å². The Bertz CT molecular complexity index is 1360. The number of carbonyl (C=O) groups excluding carboxylic acids is 3. The molecule has 1 amide bonds. The molecule has 1 aromatic rings. The molecule has 8 atom stereocenters. The molecule has 2 aliphatic carbocycles. The maximum atomic E-state index is 12.7. The van der Waals surface area contributed by atoms with Gasteiger partial charge in [0.1, 0.15) is 18.8 Å². The quantitative estimate of drug-likeness (QED) is 0.121. The Kier molecular flexibility index (Phi) is 10.7. The summed E-state index contributed by atoms with van der Waals surface area (Å²) in [5.41, 5.74) is 27.7. The lowest BCUT2D eigenvalue weighted by atomic mass is 9.84. The lowest BCUT2D eigenvalue weighted by Crippen LogP contribution is -2.61. The van der Waals surface area contributed by atoms with Crippen LogP contribution in [0.4, 0.5) is 4.79 Å². The van der Waals surface area contributed by atoms with Crippen molar-refractivity contribution in [2.75, 3.05) is 0 Å². The topological polar surface area (TPSA) is 256 Å². The van der Waals surface area contributed by atoms with Crippen molar-refractivity contribution in [2.24, 2.45) is 15.3 Å². The summed E-state index contributed by atoms with van der Waals surface area (Å²) in [7, 11) is 0. The van der Waals surface area contributed by atoms with Gasteiger partial charge in [-0.1, -0.05) is 45.7 Å². The van der Waals surface area contributed by atoms with Crippen LogP contribution in [0.2, 0.25) is 0 Å². The van der Waals surface area contributed by atoms with Crippen LogP contribution in [0.5, 0.6) is 0 Å². The van der Waals surface area contributed by atoms with E-state index in [-0.39, 0.29) is 13.0 Å². The number of carbonyl (C=O) groups is 3. The van der Waals surface area contributed by atoms with Crippen LogP contribution in [-0.2, 0) is 39.9 Å². The van der Waals surface area contributed by atoms with E-state index in [9.17, 15) is 25.4 Å². The molecule has 0 spiro atoms. The van der Waals surface area contributed by atoms with Crippen molar-refractivity contribution in [1.29, 1.82) is 0 Å². The lowest BCUT2D eigenvalue weighted by molar-refractivity contribution is -0.262. The second-order valence-electron chi connectivity index (χ2n) is 10.7. The van der Waals surface area contributed by atoms with Crippen LogP contribution in [-0.4, -0.2) is 72.4 Å². The molecule has 1 aromatic carbocycles. The second-order valence-corrected chi connectivity index (χ2v) is 10.7. The summed E-state index contributed by atoms with van der Waals surface area (Å²) < 4.78 is 28.8. The Morgan fingerprint density at radius 2 is 1.48 bits per heavy atom. The van der Waals surface area contributed by atoms with E-state index in [1.165, 1.54) is 0 Å². The number of rotatable bonds is 11. The van der Waals surface area contributed by atoms with E-state index in [1.807, 2.05) is 30.3 Å². The number of esters is 2. The van der Waals surface area contributed by atoms with Gasteiger partial charge < -0.3 is 29.0 Å². The fourth-order valence-electron chi connectivity index (χ4n) is 5.60. The maximum absolute atomic E-state index is 12.7. The van der Waals surface area contributed by atoms with Crippen molar-refractivity contribution in [3.63, 3.8) is 0 Å². The molecule has 18 heteroatoms. The number of ether oxygens (including phenoxy) is 5. The van der Waals surface area contributed by atoms with E-state index >= 15 is 0 Å². The molecule has 18 nitrogen and oxygen atoms in total. The highest BCUT2D eigenvalue weighted by atomic mass is 16.7. The molecule has 1 saturated heterocycles. The number of hydrogen-bond donors (Lipinski definition) is 1. The van der Waals surface area contributed by atoms with E-state index in [2.05, 4.69) is 35.4 Å². The van der Waals surface area contributed by atoms with Crippen LogP contribution in [0.3, 0.4) is 0 Å². The van der Waals surface area contributed by atoms with Gasteiger partial charge in [0.15, 0.2) is 12.4 Å². The Balaban J connectivity index is 1.56. The summed E-state index contributed by atoms with van der Waals surface area (Å²) in [6.07, 6.45) is -4.55. The molecule has 1 aliphatic heterocycles. The molecule has 44 heavy (non-hydrogen) atoms. The third-order valence-corrected chi connectivity index (χ3v) is 7.69. The molecule has 0 radical (unpaired) electrons. The number of hydrogen-bond acceptors (Lipinski definition) is 11. The van der Waals surface area contributed by atoms with Crippen LogP contribution in [0.15, 0.2) is 45.7 Å². The first-order valence-corrected chi connectivity index (χ1v) is 14.0. The SMILES string of the molecule is CC(=O)O[C@@H]1[C@@H](OC(C)=O)[C@H](N=[N+]=[N-])C[C@H](N=[N+]=[N-])[C@H]1O[C@H]1O[C@H](C2(NC(=O)OCc3ccccc3)CC2)CC[C@H]1N=[N+]=[N-]. The van der Waals surface area contributed by atoms with Gasteiger partial charge in [0.2, 0.25) is 0 Å². The highest BCUT2D eigenvalue weighted by molar-refractivity contribution is 5.69. The maximum Gasteiger partial charge on any atom is 0.407 e. The third kappa shape index (κ3) is 8.01. The molecule has 0 aromatic heterocycles. The largest absolute Gasteiger partial charge is 0.458 e. The zero-order valence-electron chi connectivity index (χ0n) is 24.0. The van der Waals surface area contributed by atoms with Crippen LogP contribution >= 0.6 is 0 Å². The predicted molar refractivity (Wildman–Crippen MR) is 149 cm³/mol. The normalized spacial score (nSPS) is 30.1. The summed E-state index contributed by atoms with van der Waals surface area (Å²) in [6, 6.07) is 6.24. The minimum absolute atomic E-state index is 0.0827. The van der Waals surface area contributed by atoms with Crippen molar-refractivity contribution < 1.29 is 38.1 Å². The minimum Gasteiger partial charge on any atom is -0.458 e. The van der Waals surface area contributed by atoms with Gasteiger partial charge in [-0.25, -0.2) is 4.79 Å². The first-order chi connectivity index (χ1) is 21.2. The van der Waals surface area contributed by atoms with Gasteiger partial charge in [0, 0.05) is 28.6 Å². The molecule has 0 unspecified atom stereocenters. The third-order valence-electron chi connectivity index (χ3n) is 7.69. The summed E-state index contributed by atoms with van der Waals surface area (Å²) in [5, 5.41) is 14.2. The second kappa shape index (κ2) is 14.6. The Morgan fingerprint density at radius 1 is 0.886 bits per heavy atom. The van der Waals surface area contributed by atoms with Crippen LogP contribution in [0.25, 0.3) is 31.3 Å². The summed E-state index contributed by atoms with van der Waals surface area (Å²) in [4.78, 5) is 45.4. The van der Waals surface area contributed by atoms with Gasteiger partial charge in [-0.3, -0.25) is 9.59 Å². The average molecular weight is 613 g/mol. The highest BCUT2D eigenvalue weighted by Gasteiger charge is 2.56. The minimum atomic E-state index is -1.38. The van der Waals surface area contributed by atoms with Crippen LogP contribution in [0.1, 0.15) is 51.5 Å². The molecule has 1 heterocycles. The number of nitrogens with one attached hydrogen (secondary N) is 1. The summed E-state index contributed by atoms with van der Waals surface area (Å²) in [5.74, 6) is -1.51. The fourth-order valence-corrected chi connectivity index (χ4v) is 5.60. The monoisotopic (exact) mass is 612 g/mol. The molecule has 3 fully saturated rings. The van der Waals surface area contributed by atoms with E-state index in [0.717, 1.165) is 19.4 Å². The fraction of sp³-hybridized carbons (Fsp3) is 0.654. The van der Waals surface area contributed by atoms with Gasteiger partial charge in [0.05, 0.1) is 29.8 Å². The number of azide groups is 3. The van der Waals surface area contributed by atoms with Crippen LogP contribution in [0, 0.1) is 0 Å². The highest BCUT2D eigenvalue weighted by Crippen LogP contribution is 2.45. The van der Waals surface area contributed by atoms with Crippen LogP contribution < -0.4 is 5.32 Å². The number of benzene rings is 1. The van der Waals surface area contributed by atoms with E-state index < -0.39 is 72.4 Å². The van der Waals surface area contributed by atoms with Gasteiger partial charge in [-0.05, 0) is 54.3 Å². The zero-order valence-corrected chi connectivity index (χ0v) is 24.0. The predicted octanol–water partition coefficient (Wildman–Crippen LogP) is 4.64. The standard InChI is InChI=1S/C26H32N10O8/c1-14(37)41-21-18(32-35-28)12-19(33-36-29)22(23(21)42-15(2)38)44-24-17(31-34-27)8-9-20(43-24)26(10-11-26)30-25(39)40-13-16-6-4-3-5-7-16/h3-7,17-24H,8-13H2,1-2H3,(H,30,39)/t17-,18-,19+,20+,21+,22-,23-,24-/m1/s1. The molecule has 3 aliphatic rings. The number of amides is 1. The van der Waals surface area contributed by atoms with E-state index in [4.69, 9.17) is 29.2 Å². The molecule has 2 saturated carbocycles. The molecular formula is C26H32N10O8. The van der Waals surface area contributed by atoms with Crippen molar-refractivity contribution in [3.8, 4) is 0 Å². The smallest absolute Gasteiger partial charge is 0.407 e. The van der Waals surface area contributed by atoms with E-state index in [1.54, 1.807) is 0 Å². The zero-order chi connectivity index (χ0) is 31.7. The average Bonchev–Trinajstić information content (AvgIpc) is 3.77. The lowest BCUT2D eigenvalue weighted by Gasteiger charge is -2.46. The van der Waals surface area contributed by atoms with Crippen molar-refractivity contribution in [1.82, 2.24) is 5.32 Å². The van der Waals surface area contributed by atoms with Crippen molar-refractivity contribution >= 4 is 18.0 Å². The van der Waals surface area contributed by atoms with E-state index in [0.29, 0.717) is 25.7 Å². The Hall–Kier alpha value is -4.72. The number of alkyl carbamates (subject to hydrolysis) is 1. The van der Waals surface area contributed by atoms with Gasteiger partial charge in [-0.15, -0.1) is 0 Å².